The van der Waals surface area contributed by atoms with Crippen LogP contribution >= 0.6 is 0 Å². The van der Waals surface area contributed by atoms with Crippen molar-refractivity contribution in [2.24, 2.45) is 23.7 Å². The van der Waals surface area contributed by atoms with Crippen LogP contribution in [-0.4, -0.2) is 18.0 Å². The molecule has 0 amide bonds. The van der Waals surface area contributed by atoms with Gasteiger partial charge in [0.2, 0.25) is 0 Å². The lowest BCUT2D eigenvalue weighted by Gasteiger charge is -2.57. The van der Waals surface area contributed by atoms with Crippen LogP contribution in [0.5, 0.6) is 0 Å². The molecule has 0 aromatic rings. The van der Waals surface area contributed by atoms with Crippen LogP contribution in [0.2, 0.25) is 0 Å². The summed E-state index contributed by atoms with van der Waals surface area (Å²) in [5.41, 5.74) is 0.905. The fraction of sp³-hybridized carbons (Fsp3) is 0.750. The molecule has 4 rings (SSSR count). The Morgan fingerprint density at radius 2 is 1.68 bits per heavy atom. The normalized spacial score (nSPS) is 39.7. The summed E-state index contributed by atoms with van der Waals surface area (Å²) in [6.07, 6.45) is 8.86. The van der Waals surface area contributed by atoms with E-state index >= 15 is 0 Å². The van der Waals surface area contributed by atoms with Crippen LogP contribution in [0.25, 0.3) is 0 Å². The first-order valence-electron chi connectivity index (χ1n) is 7.41. The SMILES string of the molecule is CN(/C(=C/C#N)CC#N)C1C2CC3CC(C2)CC1C3. The molecule has 4 bridgehead atoms. The van der Waals surface area contributed by atoms with Gasteiger partial charge in [-0.05, 0) is 55.8 Å². The Labute approximate surface area is 115 Å². The van der Waals surface area contributed by atoms with Gasteiger partial charge in [-0.3, -0.25) is 0 Å². The summed E-state index contributed by atoms with van der Waals surface area (Å²) < 4.78 is 0. The summed E-state index contributed by atoms with van der Waals surface area (Å²) in [5, 5.41) is 17.8. The molecule has 0 spiro atoms. The molecule has 4 aliphatic carbocycles. The minimum absolute atomic E-state index is 0.354. The number of hydrogen-bond acceptors (Lipinski definition) is 3. The minimum Gasteiger partial charge on any atom is -0.373 e. The molecule has 4 aliphatic rings. The number of nitrogens with zero attached hydrogens (tertiary/aromatic N) is 3. The van der Waals surface area contributed by atoms with Gasteiger partial charge in [-0.15, -0.1) is 0 Å². The highest BCUT2D eigenvalue weighted by molar-refractivity contribution is 5.18. The Balaban J connectivity index is 1.80. The molecular weight excluding hydrogens is 234 g/mol. The zero-order valence-electron chi connectivity index (χ0n) is 11.5. The van der Waals surface area contributed by atoms with Crippen LogP contribution in [0.1, 0.15) is 38.5 Å². The lowest BCUT2D eigenvalue weighted by molar-refractivity contribution is -0.0481. The molecule has 0 saturated heterocycles. The van der Waals surface area contributed by atoms with Gasteiger partial charge in [0.05, 0.1) is 18.6 Å². The maximum Gasteiger partial charge on any atom is 0.0930 e. The predicted molar refractivity (Wildman–Crippen MR) is 72.5 cm³/mol. The van der Waals surface area contributed by atoms with E-state index in [4.69, 9.17) is 10.5 Å². The monoisotopic (exact) mass is 255 g/mol. The van der Waals surface area contributed by atoms with Crippen LogP contribution in [0.4, 0.5) is 0 Å². The quantitative estimate of drug-likeness (QED) is 0.728. The van der Waals surface area contributed by atoms with Gasteiger partial charge in [0.15, 0.2) is 0 Å². The van der Waals surface area contributed by atoms with Gasteiger partial charge < -0.3 is 4.90 Å². The molecule has 3 heteroatoms. The number of allylic oxidation sites excluding steroid dienone is 2. The van der Waals surface area contributed by atoms with Crippen molar-refractivity contribution in [2.75, 3.05) is 7.05 Å². The molecule has 100 valence electrons. The maximum atomic E-state index is 8.94. The molecule has 4 saturated carbocycles. The molecule has 0 atom stereocenters. The largest absolute Gasteiger partial charge is 0.373 e. The first kappa shape index (κ1) is 12.5. The van der Waals surface area contributed by atoms with Crippen molar-refractivity contribution in [3.63, 3.8) is 0 Å². The second kappa shape index (κ2) is 4.89. The van der Waals surface area contributed by atoms with Crippen LogP contribution in [0.3, 0.4) is 0 Å². The predicted octanol–water partition coefficient (Wildman–Crippen LogP) is 3.06. The molecule has 0 heterocycles. The zero-order valence-corrected chi connectivity index (χ0v) is 11.5. The Morgan fingerprint density at radius 1 is 1.11 bits per heavy atom. The summed E-state index contributed by atoms with van der Waals surface area (Å²) in [6.45, 7) is 0. The Kier molecular flexibility index (Phi) is 3.23. The summed E-state index contributed by atoms with van der Waals surface area (Å²) in [5.74, 6) is 3.52. The summed E-state index contributed by atoms with van der Waals surface area (Å²) in [7, 11) is 2.09. The van der Waals surface area contributed by atoms with E-state index < -0.39 is 0 Å². The molecule has 0 N–H and O–H groups in total. The van der Waals surface area contributed by atoms with E-state index in [0.717, 1.165) is 29.4 Å². The van der Waals surface area contributed by atoms with Crippen LogP contribution < -0.4 is 0 Å². The second-order valence-corrected chi connectivity index (χ2v) is 6.63. The first-order valence-corrected chi connectivity index (χ1v) is 7.41. The van der Waals surface area contributed by atoms with E-state index in [1.165, 1.54) is 32.1 Å². The average Bonchev–Trinajstić information content (AvgIpc) is 2.37. The Morgan fingerprint density at radius 3 is 2.16 bits per heavy atom. The smallest absolute Gasteiger partial charge is 0.0930 e. The maximum absolute atomic E-state index is 8.94. The van der Waals surface area contributed by atoms with Crippen molar-refractivity contribution in [3.8, 4) is 12.1 Å². The van der Waals surface area contributed by atoms with Gasteiger partial charge in [-0.2, -0.15) is 10.5 Å². The fourth-order valence-electron chi connectivity index (χ4n) is 5.15. The summed E-state index contributed by atoms with van der Waals surface area (Å²) in [6, 6.07) is 4.87. The van der Waals surface area contributed by atoms with Crippen molar-refractivity contribution >= 4 is 0 Å². The summed E-state index contributed by atoms with van der Waals surface area (Å²) in [4.78, 5) is 2.26. The molecule has 0 unspecified atom stereocenters. The minimum atomic E-state index is 0.354. The Hall–Kier alpha value is -1.48. The van der Waals surface area contributed by atoms with E-state index in [0.29, 0.717) is 12.5 Å². The van der Waals surface area contributed by atoms with E-state index in [1.54, 1.807) is 6.08 Å². The highest BCUT2D eigenvalue weighted by Gasteiger charge is 2.49. The van der Waals surface area contributed by atoms with Crippen LogP contribution in [-0.2, 0) is 0 Å². The third kappa shape index (κ3) is 2.12. The molecular formula is C16H21N3. The van der Waals surface area contributed by atoms with Gasteiger partial charge in [-0.1, -0.05) is 0 Å². The van der Waals surface area contributed by atoms with E-state index in [1.807, 2.05) is 0 Å². The molecule has 0 aliphatic heterocycles. The number of nitriles is 2. The third-order valence-electron chi connectivity index (χ3n) is 5.57. The zero-order chi connectivity index (χ0) is 13.4. The number of hydrogen-bond donors (Lipinski definition) is 0. The molecule has 19 heavy (non-hydrogen) atoms. The van der Waals surface area contributed by atoms with Crippen molar-refractivity contribution in [1.82, 2.24) is 4.90 Å². The number of rotatable bonds is 3. The van der Waals surface area contributed by atoms with Gasteiger partial charge >= 0.3 is 0 Å². The molecule has 0 aromatic heterocycles. The van der Waals surface area contributed by atoms with Crippen molar-refractivity contribution < 1.29 is 0 Å². The highest BCUT2D eigenvalue weighted by Crippen LogP contribution is 2.55. The summed E-state index contributed by atoms with van der Waals surface area (Å²) >= 11 is 0. The lowest BCUT2D eigenvalue weighted by atomic mass is 9.54. The first-order chi connectivity index (χ1) is 9.22. The molecule has 3 nitrogen and oxygen atoms in total. The van der Waals surface area contributed by atoms with E-state index in [2.05, 4.69) is 24.1 Å². The lowest BCUT2D eigenvalue weighted by Crippen LogP contribution is -2.54. The van der Waals surface area contributed by atoms with E-state index in [-0.39, 0.29) is 0 Å². The van der Waals surface area contributed by atoms with Crippen LogP contribution in [0.15, 0.2) is 11.8 Å². The van der Waals surface area contributed by atoms with Crippen molar-refractivity contribution in [1.29, 1.82) is 10.5 Å². The van der Waals surface area contributed by atoms with Crippen molar-refractivity contribution in [2.45, 2.75) is 44.6 Å². The molecule has 0 radical (unpaired) electrons. The second-order valence-electron chi connectivity index (χ2n) is 6.63. The molecule has 4 fully saturated rings. The van der Waals surface area contributed by atoms with Crippen LogP contribution in [0, 0.1) is 46.3 Å². The van der Waals surface area contributed by atoms with Gasteiger partial charge in [0, 0.05) is 24.9 Å². The molecule has 0 aromatic carbocycles. The Bertz CT molecular complexity index is 437. The standard InChI is InChI=1S/C16H21N3/c1-19(15(2-4-17)3-5-18)16-13-7-11-6-12(9-13)10-14(16)8-11/h2,11-14,16H,3,6-10H2,1H3/b15-2+. The van der Waals surface area contributed by atoms with Gasteiger partial charge in [-0.25, -0.2) is 0 Å². The third-order valence-corrected chi connectivity index (χ3v) is 5.57. The fourth-order valence-corrected chi connectivity index (χ4v) is 5.15. The average molecular weight is 255 g/mol. The van der Waals surface area contributed by atoms with Crippen molar-refractivity contribution in [3.05, 3.63) is 11.8 Å². The topological polar surface area (TPSA) is 50.8 Å². The van der Waals surface area contributed by atoms with Gasteiger partial charge in [0.1, 0.15) is 0 Å². The van der Waals surface area contributed by atoms with E-state index in [9.17, 15) is 0 Å². The van der Waals surface area contributed by atoms with Gasteiger partial charge in [0.25, 0.3) is 0 Å². The highest BCUT2D eigenvalue weighted by atomic mass is 15.2.